The van der Waals surface area contributed by atoms with Crippen molar-refractivity contribution in [2.75, 3.05) is 0 Å². The minimum Gasteiger partial charge on any atom is -0.317 e. The highest BCUT2D eigenvalue weighted by atomic mass is 15.2. The molecule has 0 atom stereocenters. The summed E-state index contributed by atoms with van der Waals surface area (Å²) in [6.07, 6.45) is 15.4. The van der Waals surface area contributed by atoms with Crippen LogP contribution in [0.1, 0.15) is 63.8 Å². The largest absolute Gasteiger partial charge is 0.317 e. The molecule has 2 aromatic heterocycles. The molecule has 0 saturated carbocycles. The van der Waals surface area contributed by atoms with Crippen molar-refractivity contribution < 1.29 is 0 Å². The number of unbranched alkanes of at least 4 members (excludes halogenated alkanes) is 2. The Bertz CT molecular complexity index is 1090. The lowest BCUT2D eigenvalue weighted by molar-refractivity contribution is 0.768. The number of nitrogens with zero attached hydrogens (tertiary/aromatic N) is 4. The fourth-order valence-corrected chi connectivity index (χ4v) is 3.33. The van der Waals surface area contributed by atoms with E-state index in [2.05, 4.69) is 79.8 Å². The number of aliphatic imine (C=N–C) groups is 1. The number of hydrogen-bond donors (Lipinski definition) is 0. The zero-order chi connectivity index (χ0) is 25.5. The van der Waals surface area contributed by atoms with Gasteiger partial charge in [-0.3, -0.25) is 9.67 Å². The highest BCUT2D eigenvalue weighted by Gasteiger charge is 2.09. The van der Waals surface area contributed by atoms with Gasteiger partial charge in [-0.1, -0.05) is 76.1 Å². The lowest BCUT2D eigenvalue weighted by atomic mass is 10.1. The second kappa shape index (κ2) is 15.4. The van der Waals surface area contributed by atoms with Gasteiger partial charge in [0.2, 0.25) is 0 Å². The van der Waals surface area contributed by atoms with E-state index in [1.807, 2.05) is 56.3 Å². The topological polar surface area (TPSA) is 35.1 Å². The lowest BCUT2D eigenvalue weighted by Crippen LogP contribution is -1.94. The Morgan fingerprint density at radius 1 is 1.12 bits per heavy atom. The summed E-state index contributed by atoms with van der Waals surface area (Å²) < 4.78 is 3.95. The van der Waals surface area contributed by atoms with Gasteiger partial charge < -0.3 is 4.57 Å². The minimum atomic E-state index is 1.01. The van der Waals surface area contributed by atoms with E-state index >= 15 is 0 Å². The maximum atomic E-state index is 4.22. The van der Waals surface area contributed by atoms with Gasteiger partial charge >= 0.3 is 0 Å². The predicted molar refractivity (Wildman–Crippen MR) is 152 cm³/mol. The standard InChI is InChI=1S/C14H17N3.C11H13N.C5H12/c1-5-8-17-13(11(2)3)6-7-14(17)12-9-15-16(4)10-12;1-4-7-12-11-6-5-9(2)8-10(11)3;1-3-5-4-2/h5-10H,2H2,1,3-4H3;4-8H,1H2,2-3H3;3-5H2,1-2H3/b8-5-;;. The van der Waals surface area contributed by atoms with E-state index in [4.69, 9.17) is 0 Å². The summed E-state index contributed by atoms with van der Waals surface area (Å²) in [4.78, 5) is 4.22. The predicted octanol–water partition coefficient (Wildman–Crippen LogP) is 8.80. The van der Waals surface area contributed by atoms with Crippen LogP contribution in [0.25, 0.3) is 23.0 Å². The summed E-state index contributed by atoms with van der Waals surface area (Å²) in [5.74, 6) is 0. The van der Waals surface area contributed by atoms with Crippen LogP contribution in [-0.2, 0) is 7.05 Å². The molecule has 0 saturated heterocycles. The van der Waals surface area contributed by atoms with Crippen LogP contribution in [0.2, 0.25) is 0 Å². The SMILES string of the molecule is C=C(C)c1ccc(-c2cnn(C)c2)n1/C=C\C.C=CC=Nc1ccc(C)cc1C.CCCCC. The second-order valence-corrected chi connectivity index (χ2v) is 8.30. The fraction of sp³-hybridized carbons (Fsp3) is 0.333. The van der Waals surface area contributed by atoms with Crippen molar-refractivity contribution in [1.82, 2.24) is 14.3 Å². The van der Waals surface area contributed by atoms with E-state index in [9.17, 15) is 0 Å². The fourth-order valence-electron chi connectivity index (χ4n) is 3.33. The highest BCUT2D eigenvalue weighted by molar-refractivity contribution is 5.74. The Morgan fingerprint density at radius 3 is 2.29 bits per heavy atom. The van der Waals surface area contributed by atoms with Crippen molar-refractivity contribution in [1.29, 1.82) is 0 Å². The molecule has 3 aromatic rings. The quantitative estimate of drug-likeness (QED) is 0.326. The summed E-state index contributed by atoms with van der Waals surface area (Å²) in [6.45, 7) is 20.2. The highest BCUT2D eigenvalue weighted by Crippen LogP contribution is 2.25. The molecule has 0 amide bonds. The van der Waals surface area contributed by atoms with Gasteiger partial charge in [0.25, 0.3) is 0 Å². The Hall–Kier alpha value is -3.40. The average molecular weight is 459 g/mol. The molecule has 4 heteroatoms. The van der Waals surface area contributed by atoms with Crippen LogP contribution in [0.5, 0.6) is 0 Å². The monoisotopic (exact) mass is 458 g/mol. The van der Waals surface area contributed by atoms with Gasteiger partial charge in [0.05, 0.1) is 17.6 Å². The Morgan fingerprint density at radius 2 is 1.82 bits per heavy atom. The third-order valence-corrected chi connectivity index (χ3v) is 5.03. The zero-order valence-corrected chi connectivity index (χ0v) is 22.2. The number of allylic oxidation sites excluding steroid dienone is 3. The molecule has 3 rings (SSSR count). The maximum absolute atomic E-state index is 4.22. The molecular formula is C30H42N4. The van der Waals surface area contributed by atoms with Gasteiger partial charge in [-0.25, -0.2) is 0 Å². The first kappa shape index (κ1) is 28.6. The van der Waals surface area contributed by atoms with Crippen molar-refractivity contribution in [2.24, 2.45) is 12.0 Å². The van der Waals surface area contributed by atoms with E-state index in [0.717, 1.165) is 28.2 Å². The first-order valence-electron chi connectivity index (χ1n) is 12.0. The van der Waals surface area contributed by atoms with Gasteiger partial charge in [0, 0.05) is 36.9 Å². The van der Waals surface area contributed by atoms with Crippen molar-refractivity contribution in [3.8, 4) is 11.3 Å². The minimum absolute atomic E-state index is 1.01. The van der Waals surface area contributed by atoms with Crippen LogP contribution in [-0.4, -0.2) is 20.6 Å². The molecule has 182 valence electrons. The molecule has 0 aliphatic rings. The van der Waals surface area contributed by atoms with Crippen molar-refractivity contribution >= 4 is 23.7 Å². The van der Waals surface area contributed by atoms with Crippen molar-refractivity contribution in [3.05, 3.63) is 84.9 Å². The molecule has 0 bridgehead atoms. The summed E-state index contributed by atoms with van der Waals surface area (Å²) in [7, 11) is 1.92. The van der Waals surface area contributed by atoms with Crippen LogP contribution in [0.3, 0.4) is 0 Å². The molecule has 0 aliphatic carbocycles. The second-order valence-electron chi connectivity index (χ2n) is 8.30. The van der Waals surface area contributed by atoms with E-state index in [1.165, 1.54) is 30.4 Å². The molecule has 2 heterocycles. The van der Waals surface area contributed by atoms with E-state index in [1.54, 1.807) is 12.3 Å². The molecule has 34 heavy (non-hydrogen) atoms. The first-order valence-corrected chi connectivity index (χ1v) is 12.0. The summed E-state index contributed by atoms with van der Waals surface area (Å²) >= 11 is 0. The number of rotatable bonds is 7. The number of aromatic nitrogens is 3. The molecule has 4 nitrogen and oxygen atoms in total. The smallest absolute Gasteiger partial charge is 0.0658 e. The summed E-state index contributed by atoms with van der Waals surface area (Å²) in [5, 5.41) is 4.21. The molecule has 1 aromatic carbocycles. The lowest BCUT2D eigenvalue weighted by Gasteiger charge is -2.07. The Balaban J connectivity index is 0.000000296. The van der Waals surface area contributed by atoms with Crippen LogP contribution in [0, 0.1) is 13.8 Å². The molecule has 0 aliphatic heterocycles. The number of hydrogen-bond acceptors (Lipinski definition) is 2. The normalized spacial score (nSPS) is 10.6. The van der Waals surface area contributed by atoms with E-state index < -0.39 is 0 Å². The van der Waals surface area contributed by atoms with Gasteiger partial charge in [0.1, 0.15) is 0 Å². The van der Waals surface area contributed by atoms with Crippen LogP contribution in [0.4, 0.5) is 5.69 Å². The Kier molecular flexibility index (Phi) is 13.0. The average Bonchev–Trinajstić information content (AvgIpc) is 3.41. The number of aryl methyl sites for hydroxylation is 3. The summed E-state index contributed by atoms with van der Waals surface area (Å²) in [6, 6.07) is 10.4. The molecule has 0 spiro atoms. The van der Waals surface area contributed by atoms with Gasteiger partial charge in [-0.2, -0.15) is 5.10 Å². The van der Waals surface area contributed by atoms with E-state index in [-0.39, 0.29) is 0 Å². The van der Waals surface area contributed by atoms with Gasteiger partial charge in [0.15, 0.2) is 0 Å². The van der Waals surface area contributed by atoms with E-state index in [0.29, 0.717) is 0 Å². The van der Waals surface area contributed by atoms with Crippen molar-refractivity contribution in [2.45, 2.75) is 60.8 Å². The molecular weight excluding hydrogens is 416 g/mol. The van der Waals surface area contributed by atoms with Crippen LogP contribution < -0.4 is 0 Å². The zero-order valence-electron chi connectivity index (χ0n) is 22.2. The van der Waals surface area contributed by atoms with Crippen molar-refractivity contribution in [3.63, 3.8) is 0 Å². The summed E-state index contributed by atoms with van der Waals surface area (Å²) in [5.41, 5.74) is 7.91. The maximum Gasteiger partial charge on any atom is 0.0658 e. The molecule has 0 unspecified atom stereocenters. The van der Waals surface area contributed by atoms with Crippen LogP contribution in [0.15, 0.2) is 73.0 Å². The van der Waals surface area contributed by atoms with Gasteiger partial charge in [-0.15, -0.1) is 0 Å². The molecule has 0 fully saturated rings. The first-order chi connectivity index (χ1) is 16.3. The third kappa shape index (κ3) is 9.22. The number of benzene rings is 1. The molecule has 0 radical (unpaired) electrons. The molecule has 0 N–H and O–H groups in total. The van der Waals surface area contributed by atoms with Crippen LogP contribution >= 0.6 is 0 Å². The Labute approximate surface area is 207 Å². The third-order valence-electron chi connectivity index (χ3n) is 5.03. The van der Waals surface area contributed by atoms with Gasteiger partial charge in [-0.05, 0) is 57.0 Å².